The van der Waals surface area contributed by atoms with Gasteiger partial charge in [0, 0.05) is 12.1 Å². The van der Waals surface area contributed by atoms with Gasteiger partial charge in [0.05, 0.1) is 11.6 Å². The number of carboxylic acid groups (broad SMARTS) is 1. The van der Waals surface area contributed by atoms with Gasteiger partial charge in [-0.15, -0.1) is 0 Å². The van der Waals surface area contributed by atoms with E-state index in [0.29, 0.717) is 5.57 Å². The van der Waals surface area contributed by atoms with Crippen molar-refractivity contribution in [2.75, 3.05) is 0 Å². The summed E-state index contributed by atoms with van der Waals surface area (Å²) in [5.74, 6) is -0.786. The summed E-state index contributed by atoms with van der Waals surface area (Å²) in [5, 5.41) is 12.5. The van der Waals surface area contributed by atoms with Gasteiger partial charge in [-0.2, -0.15) is 5.10 Å². The van der Waals surface area contributed by atoms with Crippen LogP contribution in [0, 0.1) is 5.92 Å². The van der Waals surface area contributed by atoms with Gasteiger partial charge in [0.1, 0.15) is 0 Å². The first-order valence-electron chi connectivity index (χ1n) is 3.69. The van der Waals surface area contributed by atoms with Crippen LogP contribution < -0.4 is 5.43 Å². The van der Waals surface area contributed by atoms with Crippen LogP contribution in [-0.2, 0) is 4.79 Å². The fraction of sp³-hybridized carbons (Fsp3) is 0.250. The molecule has 1 heterocycles. The number of hydrogen-bond acceptors (Lipinski definition) is 3. The molecule has 12 heavy (non-hydrogen) atoms. The van der Waals surface area contributed by atoms with Crippen molar-refractivity contribution in [3.05, 3.63) is 23.8 Å². The molecule has 0 amide bonds. The standard InChI is InChI=1S/C8H8N2O2/c11-8(12)5-1-2-7-6(3-5)4-9-10-7/h1-4,6-7,10H,(H,11,12). The van der Waals surface area contributed by atoms with Crippen LogP contribution in [0.1, 0.15) is 0 Å². The number of rotatable bonds is 1. The molecule has 2 N–H and O–H groups in total. The number of nitrogens with one attached hydrogen (secondary N) is 1. The predicted molar refractivity (Wildman–Crippen MR) is 43.8 cm³/mol. The number of carbonyl (C=O) groups is 1. The van der Waals surface area contributed by atoms with Crippen molar-refractivity contribution < 1.29 is 9.90 Å². The second kappa shape index (κ2) is 2.48. The van der Waals surface area contributed by atoms with Gasteiger partial charge in [-0.1, -0.05) is 12.2 Å². The molecular formula is C8H8N2O2. The van der Waals surface area contributed by atoms with E-state index in [-0.39, 0.29) is 12.0 Å². The summed E-state index contributed by atoms with van der Waals surface area (Å²) < 4.78 is 0. The van der Waals surface area contributed by atoms with E-state index in [0.717, 1.165) is 0 Å². The molecule has 2 atom stereocenters. The molecule has 0 saturated carbocycles. The third-order valence-electron chi connectivity index (χ3n) is 1.99. The van der Waals surface area contributed by atoms with Gasteiger partial charge in [0.25, 0.3) is 0 Å². The maximum Gasteiger partial charge on any atom is 0.335 e. The average molecular weight is 164 g/mol. The van der Waals surface area contributed by atoms with Gasteiger partial charge >= 0.3 is 5.97 Å². The predicted octanol–water partition coefficient (Wildman–Crippen LogP) is 0.141. The van der Waals surface area contributed by atoms with E-state index >= 15 is 0 Å². The number of hydrogen-bond donors (Lipinski definition) is 2. The third kappa shape index (κ3) is 1.01. The lowest BCUT2D eigenvalue weighted by Crippen LogP contribution is -2.26. The molecule has 0 aromatic heterocycles. The van der Waals surface area contributed by atoms with Gasteiger partial charge in [-0.3, -0.25) is 0 Å². The molecular weight excluding hydrogens is 156 g/mol. The number of nitrogens with zero attached hydrogens (tertiary/aromatic N) is 1. The van der Waals surface area contributed by atoms with Crippen molar-refractivity contribution in [1.29, 1.82) is 0 Å². The van der Waals surface area contributed by atoms with Gasteiger partial charge in [0.2, 0.25) is 0 Å². The molecule has 62 valence electrons. The summed E-state index contributed by atoms with van der Waals surface area (Å²) in [7, 11) is 0. The Labute approximate surface area is 69.3 Å². The summed E-state index contributed by atoms with van der Waals surface area (Å²) >= 11 is 0. The highest BCUT2D eigenvalue weighted by Gasteiger charge is 2.24. The van der Waals surface area contributed by atoms with Crippen molar-refractivity contribution in [3.8, 4) is 0 Å². The molecule has 0 aromatic carbocycles. The molecule has 2 rings (SSSR count). The van der Waals surface area contributed by atoms with Crippen molar-refractivity contribution >= 4 is 12.2 Å². The van der Waals surface area contributed by atoms with Crippen LogP contribution in [0.3, 0.4) is 0 Å². The summed E-state index contributed by atoms with van der Waals surface area (Å²) in [5.41, 5.74) is 3.20. The minimum atomic E-state index is -0.884. The number of fused-ring (bicyclic) bond motifs is 1. The van der Waals surface area contributed by atoms with Crippen LogP contribution in [0.2, 0.25) is 0 Å². The first kappa shape index (κ1) is 7.09. The average Bonchev–Trinajstić information content (AvgIpc) is 2.49. The lowest BCUT2D eigenvalue weighted by Gasteiger charge is -2.14. The van der Waals surface area contributed by atoms with Gasteiger partial charge in [0.15, 0.2) is 0 Å². The van der Waals surface area contributed by atoms with Crippen LogP contribution in [0.5, 0.6) is 0 Å². The third-order valence-corrected chi connectivity index (χ3v) is 1.99. The zero-order chi connectivity index (χ0) is 8.55. The Morgan fingerprint density at radius 3 is 3.25 bits per heavy atom. The lowest BCUT2D eigenvalue weighted by atomic mass is 9.94. The Balaban J connectivity index is 2.25. The summed E-state index contributed by atoms with van der Waals surface area (Å²) in [6.07, 6.45) is 6.85. The lowest BCUT2D eigenvalue weighted by molar-refractivity contribution is -0.132. The first-order chi connectivity index (χ1) is 5.77. The van der Waals surface area contributed by atoms with Crippen LogP contribution in [0.15, 0.2) is 28.9 Å². The maximum atomic E-state index is 10.6. The van der Waals surface area contributed by atoms with E-state index in [1.807, 2.05) is 6.08 Å². The van der Waals surface area contributed by atoms with Gasteiger partial charge < -0.3 is 10.5 Å². The quantitative estimate of drug-likeness (QED) is 0.579. The molecule has 0 aromatic rings. The monoisotopic (exact) mass is 164 g/mol. The summed E-state index contributed by atoms with van der Waals surface area (Å²) in [6, 6.07) is 0.146. The van der Waals surface area contributed by atoms with E-state index in [2.05, 4.69) is 10.5 Å². The van der Waals surface area contributed by atoms with E-state index in [1.54, 1.807) is 18.4 Å². The zero-order valence-electron chi connectivity index (χ0n) is 6.27. The second-order valence-electron chi connectivity index (χ2n) is 2.80. The van der Waals surface area contributed by atoms with Crippen LogP contribution in [0.4, 0.5) is 0 Å². The number of hydrazone groups is 1. The Hall–Kier alpha value is -1.58. The van der Waals surface area contributed by atoms with Crippen molar-refractivity contribution in [3.63, 3.8) is 0 Å². The molecule has 1 aliphatic heterocycles. The Kier molecular flexibility index (Phi) is 1.46. The fourth-order valence-electron chi connectivity index (χ4n) is 1.32. The number of aliphatic carboxylic acids is 1. The Morgan fingerprint density at radius 2 is 2.50 bits per heavy atom. The molecule has 0 spiro atoms. The van der Waals surface area contributed by atoms with Crippen LogP contribution >= 0.6 is 0 Å². The van der Waals surface area contributed by atoms with Crippen molar-refractivity contribution in [2.45, 2.75) is 6.04 Å². The molecule has 2 aliphatic rings. The van der Waals surface area contributed by atoms with Crippen LogP contribution in [-0.4, -0.2) is 23.3 Å². The molecule has 2 unspecified atom stereocenters. The highest BCUT2D eigenvalue weighted by atomic mass is 16.4. The van der Waals surface area contributed by atoms with E-state index in [1.165, 1.54) is 0 Å². The Morgan fingerprint density at radius 1 is 1.67 bits per heavy atom. The minimum absolute atomic E-state index is 0.0982. The topological polar surface area (TPSA) is 61.7 Å². The summed E-state index contributed by atoms with van der Waals surface area (Å²) in [4.78, 5) is 10.6. The van der Waals surface area contributed by atoms with Crippen molar-refractivity contribution in [2.24, 2.45) is 11.0 Å². The molecule has 0 bridgehead atoms. The van der Waals surface area contributed by atoms with Crippen LogP contribution in [0.25, 0.3) is 0 Å². The minimum Gasteiger partial charge on any atom is -0.478 e. The molecule has 0 radical (unpaired) electrons. The smallest absolute Gasteiger partial charge is 0.335 e. The second-order valence-corrected chi connectivity index (χ2v) is 2.80. The first-order valence-corrected chi connectivity index (χ1v) is 3.69. The van der Waals surface area contributed by atoms with E-state index in [4.69, 9.17) is 5.11 Å². The number of carboxylic acids is 1. The normalized spacial score (nSPS) is 30.8. The Bertz CT molecular complexity index is 304. The highest BCUT2D eigenvalue weighted by molar-refractivity contribution is 5.91. The molecule has 4 heteroatoms. The highest BCUT2D eigenvalue weighted by Crippen LogP contribution is 2.18. The molecule has 1 aliphatic carbocycles. The molecule has 0 fully saturated rings. The zero-order valence-corrected chi connectivity index (χ0v) is 6.27. The van der Waals surface area contributed by atoms with Crippen molar-refractivity contribution in [1.82, 2.24) is 5.43 Å². The maximum absolute atomic E-state index is 10.6. The molecule has 4 nitrogen and oxygen atoms in total. The largest absolute Gasteiger partial charge is 0.478 e. The SMILES string of the molecule is O=C(O)C1=CC2C=NNC2C=C1. The fourth-order valence-corrected chi connectivity index (χ4v) is 1.32. The van der Waals surface area contributed by atoms with E-state index < -0.39 is 5.97 Å². The van der Waals surface area contributed by atoms with Gasteiger partial charge in [-0.25, -0.2) is 4.79 Å². The molecule has 0 saturated heterocycles. The van der Waals surface area contributed by atoms with Gasteiger partial charge in [-0.05, 0) is 6.08 Å². The summed E-state index contributed by atoms with van der Waals surface area (Å²) in [6.45, 7) is 0. The van der Waals surface area contributed by atoms with E-state index in [9.17, 15) is 4.79 Å².